The molecule has 0 radical (unpaired) electrons. The monoisotopic (exact) mass is 898 g/mol. The van der Waals surface area contributed by atoms with E-state index in [2.05, 4.69) is 76.1 Å². The molecule has 3 aliphatic rings. The molecule has 4 N–H and O–H groups in total. The lowest BCUT2D eigenvalue weighted by Crippen LogP contribution is -2.52. The Morgan fingerprint density at radius 3 is 1.83 bits per heavy atom. The highest BCUT2D eigenvalue weighted by molar-refractivity contribution is 6.07. The zero-order valence-corrected chi connectivity index (χ0v) is 39.2. The number of methoxy groups -OCH3 is 2. The maximum Gasteiger partial charge on any atom is 0.407 e. The Morgan fingerprint density at radius 2 is 1.30 bits per heavy atom. The van der Waals surface area contributed by atoms with E-state index in [-0.39, 0.29) is 47.2 Å². The normalized spacial score (nSPS) is 22.4. The molecule has 4 heterocycles. The number of piperidine rings is 1. The van der Waals surface area contributed by atoms with Crippen LogP contribution in [0.15, 0.2) is 60.7 Å². The van der Waals surface area contributed by atoms with Crippen LogP contribution < -0.4 is 10.6 Å². The number of carbonyl (C=O) groups excluding carboxylic acids is 4. The van der Waals surface area contributed by atoms with Crippen molar-refractivity contribution in [3.63, 3.8) is 0 Å². The summed E-state index contributed by atoms with van der Waals surface area (Å²) in [6, 6.07) is 19.4. The highest BCUT2D eigenvalue weighted by Gasteiger charge is 2.56. The van der Waals surface area contributed by atoms with Crippen LogP contribution in [0.25, 0.3) is 54.7 Å². The number of rotatable bonds is 14. The SMILES string of the molecule is CCOCCC[C@]1(C)C[C@@H](c2nc3ccc4cc(-c5ccc6c(ccc7nc([C@@H]8C[C@@H]9C[C@@H]9N8C(=O)[C@@H](NC(=O)OC)C(C)C)[nH]c76)c5)ccc4c3[nH]2)N(C(=O)[C@@H](NC(=O)OC)C(C)C)C1. The molecule has 0 spiro atoms. The Bertz CT molecular complexity index is 2830. The highest BCUT2D eigenvalue weighted by atomic mass is 16.5. The van der Waals surface area contributed by atoms with Gasteiger partial charge in [0.05, 0.1) is 48.4 Å². The molecule has 1 aliphatic carbocycles. The minimum absolute atomic E-state index is 0.102. The van der Waals surface area contributed by atoms with Gasteiger partial charge in [0.25, 0.3) is 0 Å². The second-order valence-electron chi connectivity index (χ2n) is 19.6. The molecule has 3 fully saturated rings. The van der Waals surface area contributed by atoms with Gasteiger partial charge in [-0.15, -0.1) is 0 Å². The maximum absolute atomic E-state index is 14.4. The minimum Gasteiger partial charge on any atom is -0.453 e. The Balaban J connectivity index is 0.989. The molecule has 2 aliphatic heterocycles. The van der Waals surface area contributed by atoms with Crippen molar-refractivity contribution in [3.05, 3.63) is 72.3 Å². The summed E-state index contributed by atoms with van der Waals surface area (Å²) >= 11 is 0. The maximum atomic E-state index is 14.4. The molecular weight excluding hydrogens is 837 g/mol. The van der Waals surface area contributed by atoms with Crippen LogP contribution in [0.4, 0.5) is 9.59 Å². The van der Waals surface area contributed by atoms with Gasteiger partial charge in [-0.3, -0.25) is 9.59 Å². The first-order valence-electron chi connectivity index (χ1n) is 23.4. The number of aromatic amines is 2. The molecule has 15 heteroatoms. The van der Waals surface area contributed by atoms with Gasteiger partial charge in [0, 0.05) is 36.6 Å². The minimum atomic E-state index is -0.750. The molecule has 2 aromatic heterocycles. The molecule has 2 saturated heterocycles. The smallest absolute Gasteiger partial charge is 0.407 e. The predicted octanol–water partition coefficient (Wildman–Crippen LogP) is 8.93. The van der Waals surface area contributed by atoms with Crippen LogP contribution in [0, 0.1) is 23.2 Å². The molecule has 4 amide bonds. The highest BCUT2D eigenvalue weighted by Crippen LogP contribution is 2.54. The largest absolute Gasteiger partial charge is 0.453 e. The molecule has 6 aromatic rings. The van der Waals surface area contributed by atoms with Gasteiger partial charge in [0.15, 0.2) is 0 Å². The standard InChI is InChI=1S/C51H62N8O7/c1-9-66-20-10-19-51(6)25-40(58(26-51)47(60)41(27(2)3)56-49(62)64-7)46-53-37-18-14-32-22-30(12-16-35(32)44(37)55-46)29-11-15-34-31(21-29)13-17-36-43(34)54-45(52-36)39-24-33-23-38(33)59(39)48(61)42(28(4)5)57-50(63)65-8/h11-18,21-22,27-28,33,38-42H,9-10,19-20,23-26H2,1-8H3,(H,52,54)(H,53,55)(H,56,62)(H,57,63)/t33-,38-,39-,40-,41-,42-,51+/m0/s1. The van der Waals surface area contributed by atoms with Crippen molar-refractivity contribution in [2.75, 3.05) is 34.0 Å². The molecule has 0 bridgehead atoms. The van der Waals surface area contributed by atoms with Crippen LogP contribution in [0.1, 0.15) is 97.4 Å². The Kier molecular flexibility index (Phi) is 12.2. The van der Waals surface area contributed by atoms with Gasteiger partial charge in [0.1, 0.15) is 23.7 Å². The first-order chi connectivity index (χ1) is 31.7. The van der Waals surface area contributed by atoms with E-state index in [1.165, 1.54) is 14.2 Å². The predicted molar refractivity (Wildman–Crippen MR) is 254 cm³/mol. The Morgan fingerprint density at radius 1 is 0.758 bits per heavy atom. The number of likely N-dealkylation sites (tertiary alicyclic amines) is 2. The van der Waals surface area contributed by atoms with Crippen molar-refractivity contribution in [1.82, 2.24) is 40.4 Å². The lowest BCUT2D eigenvalue weighted by Gasteiger charge is -2.31. The lowest BCUT2D eigenvalue weighted by atomic mass is 9.83. The number of fused-ring (bicyclic) bond motifs is 7. The average Bonchev–Trinajstić information content (AvgIpc) is 3.69. The number of alkyl carbamates (subject to hydrolysis) is 2. The van der Waals surface area contributed by atoms with Crippen LogP contribution in [0.3, 0.4) is 0 Å². The van der Waals surface area contributed by atoms with Gasteiger partial charge < -0.3 is 44.6 Å². The molecule has 4 aromatic carbocycles. The van der Waals surface area contributed by atoms with E-state index in [1.54, 1.807) is 0 Å². The first kappa shape index (κ1) is 45.0. The number of H-pyrrole nitrogens is 2. The van der Waals surface area contributed by atoms with Crippen molar-refractivity contribution >= 4 is 67.6 Å². The van der Waals surface area contributed by atoms with E-state index in [0.717, 1.165) is 98.5 Å². The third-order valence-corrected chi connectivity index (χ3v) is 14.3. The molecule has 7 atom stereocenters. The third kappa shape index (κ3) is 8.42. The second-order valence-corrected chi connectivity index (χ2v) is 19.6. The summed E-state index contributed by atoms with van der Waals surface area (Å²) in [5, 5.41) is 9.75. The van der Waals surface area contributed by atoms with E-state index in [9.17, 15) is 19.2 Å². The number of nitrogens with zero attached hydrogens (tertiary/aromatic N) is 4. The Hall–Kier alpha value is -6.22. The van der Waals surface area contributed by atoms with Gasteiger partial charge in [-0.2, -0.15) is 0 Å². The number of imidazole rings is 2. The fourth-order valence-electron chi connectivity index (χ4n) is 10.7. The summed E-state index contributed by atoms with van der Waals surface area (Å²) in [5.41, 5.74) is 5.48. The third-order valence-electron chi connectivity index (χ3n) is 14.3. The van der Waals surface area contributed by atoms with Gasteiger partial charge in [-0.05, 0) is 108 Å². The van der Waals surface area contributed by atoms with E-state index in [1.807, 2.05) is 56.6 Å². The van der Waals surface area contributed by atoms with Gasteiger partial charge in [-0.1, -0.05) is 71.0 Å². The number of nitrogens with one attached hydrogen (secondary N) is 4. The van der Waals surface area contributed by atoms with Gasteiger partial charge in [0.2, 0.25) is 11.8 Å². The number of amides is 4. The first-order valence-corrected chi connectivity index (χ1v) is 23.4. The molecule has 15 nitrogen and oxygen atoms in total. The van der Waals surface area contributed by atoms with Crippen LogP contribution in [-0.2, 0) is 23.8 Å². The van der Waals surface area contributed by atoms with Crippen LogP contribution in [0.5, 0.6) is 0 Å². The van der Waals surface area contributed by atoms with Crippen LogP contribution >= 0.6 is 0 Å². The number of aromatic nitrogens is 4. The van der Waals surface area contributed by atoms with Gasteiger partial charge >= 0.3 is 12.2 Å². The number of benzene rings is 4. The summed E-state index contributed by atoms with van der Waals surface area (Å²) in [6.45, 7) is 13.8. The number of hydrogen-bond acceptors (Lipinski definition) is 9. The Labute approximate surface area is 384 Å². The lowest BCUT2D eigenvalue weighted by molar-refractivity contribution is -0.137. The topological polar surface area (TPSA) is 184 Å². The van der Waals surface area contributed by atoms with E-state index in [0.29, 0.717) is 25.7 Å². The molecule has 1 saturated carbocycles. The summed E-state index contributed by atoms with van der Waals surface area (Å²) < 4.78 is 15.4. The summed E-state index contributed by atoms with van der Waals surface area (Å²) in [5.74, 6) is 1.40. The molecule has 66 heavy (non-hydrogen) atoms. The van der Waals surface area contributed by atoms with E-state index in [4.69, 9.17) is 24.2 Å². The van der Waals surface area contributed by atoms with Crippen molar-refractivity contribution in [1.29, 1.82) is 0 Å². The fraction of sp³-hybridized carbons (Fsp3) is 0.490. The molecule has 9 rings (SSSR count). The molecule has 348 valence electrons. The summed E-state index contributed by atoms with van der Waals surface area (Å²) in [6.07, 6.45) is 3.04. The zero-order chi connectivity index (χ0) is 46.6. The van der Waals surface area contributed by atoms with Crippen molar-refractivity contribution in [2.45, 2.75) is 104 Å². The zero-order valence-electron chi connectivity index (χ0n) is 39.2. The van der Waals surface area contributed by atoms with Crippen molar-refractivity contribution in [3.8, 4) is 11.1 Å². The average molecular weight is 899 g/mol. The molecular formula is C51H62N8O7. The van der Waals surface area contributed by atoms with Crippen LogP contribution in [0.2, 0.25) is 0 Å². The number of ether oxygens (including phenoxy) is 3. The summed E-state index contributed by atoms with van der Waals surface area (Å²) in [4.78, 5) is 74.2. The van der Waals surface area contributed by atoms with Crippen molar-refractivity contribution in [2.24, 2.45) is 23.2 Å². The van der Waals surface area contributed by atoms with Gasteiger partial charge in [-0.25, -0.2) is 19.6 Å². The van der Waals surface area contributed by atoms with E-state index >= 15 is 0 Å². The quantitative estimate of drug-likeness (QED) is 0.0776. The molecule has 0 unspecified atom stereocenters. The fourth-order valence-corrected chi connectivity index (χ4v) is 10.7. The van der Waals surface area contributed by atoms with Crippen molar-refractivity contribution < 1.29 is 33.4 Å². The number of carbonyl (C=O) groups is 4. The second kappa shape index (κ2) is 17.9. The van der Waals surface area contributed by atoms with E-state index < -0.39 is 24.3 Å². The van der Waals surface area contributed by atoms with Crippen LogP contribution in [-0.4, -0.2) is 106 Å². The number of hydrogen-bond donors (Lipinski definition) is 4. The summed E-state index contributed by atoms with van der Waals surface area (Å²) in [7, 11) is 2.61.